The van der Waals surface area contributed by atoms with Crippen molar-refractivity contribution < 1.29 is 4.74 Å². The van der Waals surface area contributed by atoms with Crippen molar-refractivity contribution in [1.29, 1.82) is 0 Å². The van der Waals surface area contributed by atoms with E-state index in [0.717, 1.165) is 12.3 Å². The number of methoxy groups -OCH3 is 1. The maximum absolute atomic E-state index is 5.16. The van der Waals surface area contributed by atoms with Crippen molar-refractivity contribution in [2.24, 2.45) is 0 Å². The standard InChI is InChI=1S/C16H19NO/c1-13(15-8-10-16(18-2)11-9-15)17-12-14-6-4-3-5-7-14/h3-11,13,17H,12H2,1-2H3. The lowest BCUT2D eigenvalue weighted by atomic mass is 10.1. The van der Waals surface area contributed by atoms with E-state index in [4.69, 9.17) is 4.74 Å². The van der Waals surface area contributed by atoms with Gasteiger partial charge >= 0.3 is 0 Å². The average Bonchev–Trinajstić information content (AvgIpc) is 2.46. The van der Waals surface area contributed by atoms with Gasteiger partial charge in [-0.3, -0.25) is 0 Å². The second-order valence-corrected chi connectivity index (χ2v) is 4.36. The summed E-state index contributed by atoms with van der Waals surface area (Å²) in [5.74, 6) is 0.897. The van der Waals surface area contributed by atoms with Crippen LogP contribution < -0.4 is 10.1 Å². The van der Waals surface area contributed by atoms with E-state index in [1.165, 1.54) is 11.1 Å². The Hall–Kier alpha value is -1.80. The molecule has 18 heavy (non-hydrogen) atoms. The van der Waals surface area contributed by atoms with Crippen LogP contribution in [0.3, 0.4) is 0 Å². The lowest BCUT2D eigenvalue weighted by molar-refractivity contribution is 0.414. The normalized spacial score (nSPS) is 12.1. The van der Waals surface area contributed by atoms with E-state index in [0.29, 0.717) is 6.04 Å². The van der Waals surface area contributed by atoms with Crippen molar-refractivity contribution in [3.05, 3.63) is 65.7 Å². The van der Waals surface area contributed by atoms with Crippen molar-refractivity contribution in [1.82, 2.24) is 5.32 Å². The molecule has 2 rings (SSSR count). The Kier molecular flexibility index (Phi) is 4.37. The minimum absolute atomic E-state index is 0.330. The average molecular weight is 241 g/mol. The molecular weight excluding hydrogens is 222 g/mol. The summed E-state index contributed by atoms with van der Waals surface area (Å²) in [6, 6.07) is 19.0. The van der Waals surface area contributed by atoms with Gasteiger partial charge in [0.15, 0.2) is 0 Å². The van der Waals surface area contributed by atoms with E-state index in [9.17, 15) is 0 Å². The molecule has 0 fully saturated rings. The summed E-state index contributed by atoms with van der Waals surface area (Å²) in [6.07, 6.45) is 0. The van der Waals surface area contributed by atoms with Crippen LogP contribution in [-0.2, 0) is 6.54 Å². The second-order valence-electron chi connectivity index (χ2n) is 4.36. The molecule has 0 aromatic heterocycles. The van der Waals surface area contributed by atoms with Crippen LogP contribution in [0.2, 0.25) is 0 Å². The molecule has 0 saturated heterocycles. The first-order valence-corrected chi connectivity index (χ1v) is 6.21. The quantitative estimate of drug-likeness (QED) is 0.864. The SMILES string of the molecule is COc1ccc(C(C)NCc2ccccc2)cc1. The molecular formula is C16H19NO. The molecule has 0 amide bonds. The number of benzene rings is 2. The smallest absolute Gasteiger partial charge is 0.118 e. The van der Waals surface area contributed by atoms with Crippen LogP contribution in [0.15, 0.2) is 54.6 Å². The molecule has 0 bridgehead atoms. The van der Waals surface area contributed by atoms with Crippen molar-refractivity contribution in [2.45, 2.75) is 19.5 Å². The second kappa shape index (κ2) is 6.22. The van der Waals surface area contributed by atoms with Gasteiger partial charge in [0.05, 0.1) is 7.11 Å². The lowest BCUT2D eigenvalue weighted by Crippen LogP contribution is -2.17. The van der Waals surface area contributed by atoms with Crippen LogP contribution in [0.5, 0.6) is 5.75 Å². The molecule has 2 heteroatoms. The van der Waals surface area contributed by atoms with Gasteiger partial charge < -0.3 is 10.1 Å². The van der Waals surface area contributed by atoms with E-state index < -0.39 is 0 Å². The van der Waals surface area contributed by atoms with Gasteiger partial charge in [0.25, 0.3) is 0 Å². The van der Waals surface area contributed by atoms with E-state index in [1.807, 2.05) is 18.2 Å². The zero-order valence-electron chi connectivity index (χ0n) is 10.9. The summed E-state index contributed by atoms with van der Waals surface area (Å²) in [7, 11) is 1.69. The summed E-state index contributed by atoms with van der Waals surface area (Å²) >= 11 is 0. The molecule has 0 spiro atoms. The molecule has 0 aliphatic heterocycles. The molecule has 0 aliphatic carbocycles. The summed E-state index contributed by atoms with van der Waals surface area (Å²) < 4.78 is 5.16. The molecule has 2 nitrogen and oxygen atoms in total. The lowest BCUT2D eigenvalue weighted by Gasteiger charge is -2.14. The fourth-order valence-electron chi connectivity index (χ4n) is 1.88. The third kappa shape index (κ3) is 3.34. The van der Waals surface area contributed by atoms with Gasteiger partial charge in [0, 0.05) is 12.6 Å². The van der Waals surface area contributed by atoms with Crippen LogP contribution in [0.1, 0.15) is 24.1 Å². The van der Waals surface area contributed by atoms with Gasteiger partial charge in [-0.15, -0.1) is 0 Å². The van der Waals surface area contributed by atoms with Crippen LogP contribution >= 0.6 is 0 Å². The maximum Gasteiger partial charge on any atom is 0.118 e. The van der Waals surface area contributed by atoms with Gasteiger partial charge in [-0.05, 0) is 30.2 Å². The highest BCUT2D eigenvalue weighted by Gasteiger charge is 2.04. The highest BCUT2D eigenvalue weighted by molar-refractivity contribution is 5.29. The number of nitrogens with one attached hydrogen (secondary N) is 1. The van der Waals surface area contributed by atoms with E-state index in [1.54, 1.807) is 7.11 Å². The number of ether oxygens (including phenoxy) is 1. The molecule has 0 radical (unpaired) electrons. The molecule has 0 heterocycles. The van der Waals surface area contributed by atoms with Crippen molar-refractivity contribution in [3.8, 4) is 5.75 Å². The van der Waals surface area contributed by atoms with Gasteiger partial charge in [0.2, 0.25) is 0 Å². The topological polar surface area (TPSA) is 21.3 Å². The predicted octanol–water partition coefficient (Wildman–Crippen LogP) is 3.55. The molecule has 2 aromatic rings. The Morgan fingerprint density at radius 2 is 1.67 bits per heavy atom. The van der Waals surface area contributed by atoms with Gasteiger partial charge in [-0.1, -0.05) is 42.5 Å². The number of rotatable bonds is 5. The maximum atomic E-state index is 5.16. The third-order valence-electron chi connectivity index (χ3n) is 3.07. The summed E-state index contributed by atoms with van der Waals surface area (Å²) in [4.78, 5) is 0. The van der Waals surface area contributed by atoms with Crippen LogP contribution in [0.4, 0.5) is 0 Å². The Morgan fingerprint density at radius 1 is 1.00 bits per heavy atom. The van der Waals surface area contributed by atoms with E-state index in [2.05, 4.69) is 48.6 Å². The molecule has 2 aromatic carbocycles. The molecule has 1 N–H and O–H groups in total. The van der Waals surface area contributed by atoms with Gasteiger partial charge in [-0.2, -0.15) is 0 Å². The Balaban J connectivity index is 1.93. The molecule has 94 valence electrons. The number of hydrogen-bond acceptors (Lipinski definition) is 2. The first-order valence-electron chi connectivity index (χ1n) is 6.21. The van der Waals surface area contributed by atoms with Crippen molar-refractivity contribution >= 4 is 0 Å². The Bertz CT molecular complexity index is 464. The molecule has 1 unspecified atom stereocenters. The third-order valence-corrected chi connectivity index (χ3v) is 3.07. The predicted molar refractivity (Wildman–Crippen MR) is 74.7 cm³/mol. The fourth-order valence-corrected chi connectivity index (χ4v) is 1.88. The first kappa shape index (κ1) is 12.7. The minimum atomic E-state index is 0.330. The zero-order valence-corrected chi connectivity index (χ0v) is 10.9. The summed E-state index contributed by atoms with van der Waals surface area (Å²) in [5, 5.41) is 3.51. The Morgan fingerprint density at radius 3 is 2.28 bits per heavy atom. The van der Waals surface area contributed by atoms with Crippen LogP contribution in [-0.4, -0.2) is 7.11 Å². The molecule has 1 atom stereocenters. The zero-order chi connectivity index (χ0) is 12.8. The minimum Gasteiger partial charge on any atom is -0.497 e. The van der Waals surface area contributed by atoms with E-state index in [-0.39, 0.29) is 0 Å². The van der Waals surface area contributed by atoms with Crippen LogP contribution in [0.25, 0.3) is 0 Å². The van der Waals surface area contributed by atoms with E-state index >= 15 is 0 Å². The number of hydrogen-bond donors (Lipinski definition) is 1. The molecule has 0 saturated carbocycles. The first-order chi connectivity index (χ1) is 8.79. The fraction of sp³-hybridized carbons (Fsp3) is 0.250. The highest BCUT2D eigenvalue weighted by Crippen LogP contribution is 2.17. The monoisotopic (exact) mass is 241 g/mol. The summed E-state index contributed by atoms with van der Waals surface area (Å²) in [6.45, 7) is 3.05. The van der Waals surface area contributed by atoms with Gasteiger partial charge in [-0.25, -0.2) is 0 Å². The van der Waals surface area contributed by atoms with Crippen molar-refractivity contribution in [2.75, 3.05) is 7.11 Å². The largest absolute Gasteiger partial charge is 0.497 e. The summed E-state index contributed by atoms with van der Waals surface area (Å²) in [5.41, 5.74) is 2.57. The van der Waals surface area contributed by atoms with Gasteiger partial charge in [0.1, 0.15) is 5.75 Å². The molecule has 0 aliphatic rings. The highest BCUT2D eigenvalue weighted by atomic mass is 16.5. The van der Waals surface area contributed by atoms with Crippen LogP contribution in [0, 0.1) is 0 Å². The van der Waals surface area contributed by atoms with Crippen molar-refractivity contribution in [3.63, 3.8) is 0 Å². The Labute approximate surface area is 109 Å².